The standard InChI is InChI=1S/C8H20N.2NO3.H3N/c1-5-9(6-2,7-3)8-4;2*2-1(3)4;/h5-8H2,1-4H3;;;1H3/q+1;2*-1;/p+1. The van der Waals surface area contributed by atoms with Gasteiger partial charge in [-0.3, -0.25) is 0 Å². The van der Waals surface area contributed by atoms with E-state index in [1.807, 2.05) is 0 Å². The van der Waals surface area contributed by atoms with Crippen LogP contribution in [0.1, 0.15) is 27.7 Å². The molecule has 0 aliphatic rings. The van der Waals surface area contributed by atoms with Crippen LogP contribution in [0.5, 0.6) is 0 Å². The summed E-state index contributed by atoms with van der Waals surface area (Å²) in [5, 5.41) is 29.5. The Morgan fingerprint density at radius 1 is 0.722 bits per heavy atom. The fourth-order valence-electron chi connectivity index (χ4n) is 1.34. The first kappa shape index (κ1) is 25.2. The van der Waals surface area contributed by atoms with Gasteiger partial charge < -0.3 is 41.3 Å². The summed E-state index contributed by atoms with van der Waals surface area (Å²) in [6, 6.07) is 0. The Kier molecular flexibility index (Phi) is 21.5. The van der Waals surface area contributed by atoms with Crippen molar-refractivity contribution in [1.82, 2.24) is 6.15 Å². The van der Waals surface area contributed by atoms with Gasteiger partial charge in [0.25, 0.3) is 0 Å². The summed E-state index contributed by atoms with van der Waals surface area (Å²) < 4.78 is 1.28. The number of hydrogen-bond acceptors (Lipinski definition) is 6. The van der Waals surface area contributed by atoms with E-state index in [1.54, 1.807) is 0 Å². The van der Waals surface area contributed by atoms with Crippen LogP contribution in [0.3, 0.4) is 0 Å². The quantitative estimate of drug-likeness (QED) is 0.464. The summed E-state index contributed by atoms with van der Waals surface area (Å²) in [6.07, 6.45) is 0. The van der Waals surface area contributed by atoms with E-state index < -0.39 is 10.2 Å². The van der Waals surface area contributed by atoms with Crippen molar-refractivity contribution in [2.75, 3.05) is 26.2 Å². The van der Waals surface area contributed by atoms with Crippen molar-refractivity contribution in [1.29, 1.82) is 0 Å². The van der Waals surface area contributed by atoms with E-state index in [9.17, 15) is 0 Å². The highest BCUT2D eigenvalue weighted by atomic mass is 16.9. The van der Waals surface area contributed by atoms with Crippen LogP contribution in [-0.2, 0) is 0 Å². The Labute approximate surface area is 106 Å². The number of rotatable bonds is 4. The summed E-state index contributed by atoms with van der Waals surface area (Å²) in [5.74, 6) is 0. The average Bonchev–Trinajstić information content (AvgIpc) is 2.20. The molecular weight excluding hydrogens is 248 g/mol. The zero-order valence-corrected chi connectivity index (χ0v) is 11.6. The maximum Gasteiger partial charge on any atom is 0.0757 e. The molecule has 0 aromatic carbocycles. The molecule has 0 aromatic heterocycles. The molecule has 0 aromatic rings. The van der Waals surface area contributed by atoms with Gasteiger partial charge in [-0.25, -0.2) is 0 Å². The van der Waals surface area contributed by atoms with Gasteiger partial charge in [0.1, 0.15) is 0 Å². The van der Waals surface area contributed by atoms with E-state index in [0.717, 1.165) is 0 Å². The molecule has 0 bridgehead atoms. The summed E-state index contributed by atoms with van der Waals surface area (Å²) in [4.78, 5) is 16.5. The fourth-order valence-corrected chi connectivity index (χ4v) is 1.34. The average molecular weight is 272 g/mol. The Hall–Kier alpha value is -1.68. The number of hydrogen-bond donors (Lipinski definition) is 1. The molecule has 4 N–H and O–H groups in total. The molecule has 0 amide bonds. The van der Waals surface area contributed by atoms with Crippen LogP contribution in [0.4, 0.5) is 0 Å². The van der Waals surface area contributed by atoms with Crippen LogP contribution >= 0.6 is 0 Å². The maximum atomic E-state index is 8.25. The SMILES string of the molecule is CC[N+](CC)(CC)CC.O=[N+]([O-])[O-].O=[N+]([O-])[O-].[NH4+]. The largest absolute Gasteiger partial charge is 0.369 e. The molecule has 0 aliphatic heterocycles. The molecule has 0 radical (unpaired) electrons. The first-order valence-electron chi connectivity index (χ1n) is 5.19. The van der Waals surface area contributed by atoms with E-state index >= 15 is 0 Å². The molecule has 0 fully saturated rings. The molecule has 0 aliphatic carbocycles. The van der Waals surface area contributed by atoms with Crippen molar-refractivity contribution < 1.29 is 14.7 Å². The maximum absolute atomic E-state index is 8.25. The third kappa shape index (κ3) is 23.9. The predicted octanol–water partition coefficient (Wildman–Crippen LogP) is 1.78. The third-order valence-corrected chi connectivity index (χ3v) is 2.68. The van der Waals surface area contributed by atoms with Crippen LogP contribution < -0.4 is 6.15 Å². The molecule has 10 nitrogen and oxygen atoms in total. The minimum atomic E-state index is -1.75. The minimum Gasteiger partial charge on any atom is -0.369 e. The Morgan fingerprint density at radius 2 is 0.833 bits per heavy atom. The van der Waals surface area contributed by atoms with Gasteiger partial charge in [-0.15, -0.1) is 0 Å². The Balaban J connectivity index is -0.0000000922. The van der Waals surface area contributed by atoms with E-state index in [2.05, 4.69) is 27.7 Å². The Morgan fingerprint density at radius 3 is 0.833 bits per heavy atom. The van der Waals surface area contributed by atoms with Crippen LogP contribution in [0.25, 0.3) is 0 Å². The van der Waals surface area contributed by atoms with Crippen molar-refractivity contribution in [2.45, 2.75) is 27.7 Å². The van der Waals surface area contributed by atoms with Crippen LogP contribution in [0, 0.1) is 30.6 Å². The second kappa shape index (κ2) is 15.3. The molecular formula is C8H24N4O6. The smallest absolute Gasteiger partial charge is 0.0757 e. The highest BCUT2D eigenvalue weighted by molar-refractivity contribution is 4.31. The lowest BCUT2D eigenvalue weighted by molar-refractivity contribution is -0.921. The molecule has 0 saturated heterocycles. The van der Waals surface area contributed by atoms with Gasteiger partial charge in [0.15, 0.2) is 0 Å². The van der Waals surface area contributed by atoms with Crippen molar-refractivity contribution >= 4 is 0 Å². The molecule has 0 rings (SSSR count). The summed E-state index contributed by atoms with van der Waals surface area (Å²) >= 11 is 0. The second-order valence-corrected chi connectivity index (χ2v) is 3.05. The van der Waals surface area contributed by atoms with Gasteiger partial charge in [0.2, 0.25) is 0 Å². The van der Waals surface area contributed by atoms with Crippen LogP contribution in [-0.4, -0.2) is 40.8 Å². The molecule has 0 unspecified atom stereocenters. The lowest BCUT2D eigenvalue weighted by Crippen LogP contribution is -2.47. The van der Waals surface area contributed by atoms with Crippen molar-refractivity contribution in [3.05, 3.63) is 30.6 Å². The van der Waals surface area contributed by atoms with Crippen molar-refractivity contribution in [3.8, 4) is 0 Å². The van der Waals surface area contributed by atoms with Crippen molar-refractivity contribution in [2.24, 2.45) is 0 Å². The zero-order chi connectivity index (χ0) is 14.5. The molecule has 0 saturated carbocycles. The first-order valence-corrected chi connectivity index (χ1v) is 5.19. The monoisotopic (exact) mass is 272 g/mol. The van der Waals surface area contributed by atoms with Crippen LogP contribution in [0.2, 0.25) is 0 Å². The second-order valence-electron chi connectivity index (χ2n) is 3.05. The molecule has 18 heavy (non-hydrogen) atoms. The Bertz CT molecular complexity index is 172. The summed E-state index contributed by atoms with van der Waals surface area (Å²) in [7, 11) is 0. The van der Waals surface area contributed by atoms with Gasteiger partial charge >= 0.3 is 0 Å². The summed E-state index contributed by atoms with van der Waals surface area (Å²) in [6.45, 7) is 14.2. The minimum absolute atomic E-state index is 0. The number of quaternary nitrogens is 2. The van der Waals surface area contributed by atoms with E-state index in [1.165, 1.54) is 30.7 Å². The molecule has 0 spiro atoms. The van der Waals surface area contributed by atoms with E-state index in [-0.39, 0.29) is 6.15 Å². The summed E-state index contributed by atoms with van der Waals surface area (Å²) in [5.41, 5.74) is 0. The lowest BCUT2D eigenvalue weighted by atomic mass is 10.3. The zero-order valence-electron chi connectivity index (χ0n) is 11.6. The third-order valence-electron chi connectivity index (χ3n) is 2.68. The first-order chi connectivity index (χ1) is 7.71. The van der Waals surface area contributed by atoms with E-state index in [0.29, 0.717) is 0 Å². The number of nitrogens with zero attached hydrogens (tertiary/aromatic N) is 3. The normalized spacial score (nSPS) is 8.67. The van der Waals surface area contributed by atoms with Crippen molar-refractivity contribution in [3.63, 3.8) is 0 Å². The molecule has 0 atom stereocenters. The van der Waals surface area contributed by atoms with Gasteiger partial charge in [0, 0.05) is 0 Å². The highest BCUT2D eigenvalue weighted by Crippen LogP contribution is 2.03. The predicted molar refractivity (Wildman–Crippen MR) is 69.1 cm³/mol. The van der Waals surface area contributed by atoms with Gasteiger partial charge in [-0.1, -0.05) is 0 Å². The van der Waals surface area contributed by atoms with Gasteiger partial charge in [-0.05, 0) is 27.7 Å². The topological polar surface area (TPSA) is 169 Å². The fraction of sp³-hybridized carbons (Fsp3) is 1.00. The molecule has 0 heterocycles. The molecule has 10 heteroatoms. The van der Waals surface area contributed by atoms with Gasteiger partial charge in [0.05, 0.1) is 36.4 Å². The molecule has 112 valence electrons. The lowest BCUT2D eigenvalue weighted by Gasteiger charge is -2.34. The highest BCUT2D eigenvalue weighted by Gasteiger charge is 2.16. The van der Waals surface area contributed by atoms with E-state index in [4.69, 9.17) is 30.6 Å². The van der Waals surface area contributed by atoms with Crippen LogP contribution in [0.15, 0.2) is 0 Å². The van der Waals surface area contributed by atoms with Gasteiger partial charge in [-0.2, -0.15) is 0 Å².